The van der Waals surface area contributed by atoms with E-state index >= 15 is 0 Å². The molecule has 74 heavy (non-hydrogen) atoms. The predicted octanol–water partition coefficient (Wildman–Crippen LogP) is 13.1. The summed E-state index contributed by atoms with van der Waals surface area (Å²) in [7, 11) is 0. The molecule has 0 spiro atoms. The molecule has 4 aliphatic heterocycles. The largest absolute Gasteiger partial charge is 0.458 e. The van der Waals surface area contributed by atoms with Crippen LogP contribution in [0, 0.1) is 0 Å². The molecule has 344 valence electrons. The second kappa shape index (κ2) is 15.9. The second-order valence-electron chi connectivity index (χ2n) is 19.6. The number of rotatable bonds is 7. The highest BCUT2D eigenvalue weighted by Gasteiger charge is 2.47. The normalized spacial score (nSPS) is 13.0. The summed E-state index contributed by atoms with van der Waals surface area (Å²) in [6, 6.07) is 91.7. The van der Waals surface area contributed by atoms with Gasteiger partial charge in [0.15, 0.2) is 0 Å². The maximum Gasteiger partial charge on any atom is 0.256 e. The fourth-order valence-corrected chi connectivity index (χ4v) is 12.7. The van der Waals surface area contributed by atoms with Crippen LogP contribution in [-0.4, -0.2) is 18.0 Å². The monoisotopic (exact) mass is 944 g/mol. The number of benzene rings is 11. The lowest BCUT2D eigenvalue weighted by Crippen LogP contribution is -2.63. The van der Waals surface area contributed by atoms with E-state index in [-0.39, 0.29) is 13.4 Å². The summed E-state index contributed by atoms with van der Waals surface area (Å²) in [5.41, 5.74) is 20.0. The lowest BCUT2D eigenvalue weighted by molar-refractivity contribution is 0.487. The third kappa shape index (κ3) is 5.91. The quantitative estimate of drug-likeness (QED) is 0.149. The molecular weight excluding hydrogens is 902 g/mol. The summed E-state index contributed by atoms with van der Waals surface area (Å²) in [4.78, 5) is 7.12. The van der Waals surface area contributed by atoms with E-state index in [1.54, 1.807) is 0 Å². The highest BCUT2D eigenvalue weighted by Crippen LogP contribution is 2.49. The number of nitrogens with zero attached hydrogens (tertiary/aromatic N) is 4. The molecule has 0 unspecified atom stereocenters. The maximum atomic E-state index is 7.79. The Morgan fingerprint density at radius 1 is 0.338 bits per heavy atom. The van der Waals surface area contributed by atoms with Gasteiger partial charge in [0.25, 0.3) is 13.4 Å². The number of hydrogen-bond donors (Lipinski definition) is 0. The van der Waals surface area contributed by atoms with Gasteiger partial charge in [-0.25, -0.2) is 0 Å². The molecule has 0 saturated carbocycles. The van der Waals surface area contributed by atoms with Crippen LogP contribution in [-0.2, 0) is 0 Å². The van der Waals surface area contributed by atoms with Gasteiger partial charge in [-0.1, -0.05) is 152 Å². The Hall–Kier alpha value is -9.65. The summed E-state index contributed by atoms with van der Waals surface area (Å²) in [6.45, 7) is -0.277. The fourth-order valence-electron chi connectivity index (χ4n) is 12.7. The topological polar surface area (TPSA) is 33.1 Å². The molecular formula is C66H42B2N4O2. The highest BCUT2D eigenvalue weighted by molar-refractivity contribution is 7.02. The van der Waals surface area contributed by atoms with Gasteiger partial charge in [0, 0.05) is 68.4 Å². The Morgan fingerprint density at radius 2 is 0.824 bits per heavy atom. The van der Waals surface area contributed by atoms with Crippen LogP contribution in [0.3, 0.4) is 0 Å². The van der Waals surface area contributed by atoms with Crippen LogP contribution in [0.5, 0.6) is 23.0 Å². The van der Waals surface area contributed by atoms with Gasteiger partial charge < -0.3 is 28.7 Å². The Morgan fingerprint density at radius 3 is 1.46 bits per heavy atom. The van der Waals surface area contributed by atoms with Crippen LogP contribution in [0.2, 0.25) is 0 Å². The van der Waals surface area contributed by atoms with Gasteiger partial charge in [-0.3, -0.25) is 0 Å². The van der Waals surface area contributed by atoms with E-state index in [1.165, 1.54) is 10.9 Å². The standard InChI is InChI=1S/C66H42B2N4O2/c1-6-22-43(23-7-1)69(44-24-8-2-9-25-44)48-38-57-63-61(41-48)74-66-54(67(63)51-33-17-20-36-56(51)71(57)47-30-14-5-15-31-47)42-53-65-62(66)50-32-16-19-35-55(50)72(65)58-39-49(40-60-64(58)68(53)52-34-18-21-37-59(52)73-60)70(45-26-10-3-11-27-45)46-28-12-4-13-29-46/h1-42H. The summed E-state index contributed by atoms with van der Waals surface area (Å²) < 4.78 is 17.4. The van der Waals surface area contributed by atoms with E-state index < -0.39 is 0 Å². The zero-order valence-corrected chi connectivity index (χ0v) is 40.0. The Kier molecular flexibility index (Phi) is 8.83. The van der Waals surface area contributed by atoms with Gasteiger partial charge in [-0.15, -0.1) is 0 Å². The van der Waals surface area contributed by atoms with Crippen LogP contribution in [0.15, 0.2) is 255 Å². The molecule has 1 aromatic heterocycles. The number of ether oxygens (including phenoxy) is 2. The van der Waals surface area contributed by atoms with Gasteiger partial charge in [-0.2, -0.15) is 0 Å². The molecule has 0 fully saturated rings. The van der Waals surface area contributed by atoms with Crippen LogP contribution >= 0.6 is 0 Å². The molecule has 4 aliphatic rings. The van der Waals surface area contributed by atoms with Crippen molar-refractivity contribution in [3.63, 3.8) is 0 Å². The van der Waals surface area contributed by atoms with E-state index in [0.29, 0.717) is 0 Å². The van der Waals surface area contributed by atoms with E-state index in [9.17, 15) is 0 Å². The number of hydrogen-bond acceptors (Lipinski definition) is 5. The van der Waals surface area contributed by atoms with Gasteiger partial charge in [0.2, 0.25) is 0 Å². The van der Waals surface area contributed by atoms with Crippen molar-refractivity contribution in [1.82, 2.24) is 4.57 Å². The first-order valence-electron chi connectivity index (χ1n) is 25.4. The summed E-state index contributed by atoms with van der Waals surface area (Å²) >= 11 is 0. The first kappa shape index (κ1) is 41.0. The molecule has 0 aliphatic carbocycles. The van der Waals surface area contributed by atoms with Gasteiger partial charge in [0.05, 0.1) is 22.4 Å². The number of para-hydroxylation sites is 8. The molecule has 0 bridgehead atoms. The van der Waals surface area contributed by atoms with Crippen molar-refractivity contribution in [1.29, 1.82) is 0 Å². The first-order chi connectivity index (χ1) is 36.7. The van der Waals surface area contributed by atoms with E-state index in [4.69, 9.17) is 9.47 Å². The molecule has 5 heterocycles. The lowest BCUT2D eigenvalue weighted by Gasteiger charge is -2.42. The fraction of sp³-hybridized carbons (Fsp3) is 0. The van der Waals surface area contributed by atoms with Crippen molar-refractivity contribution >= 4 is 119 Å². The molecule has 16 rings (SSSR count). The van der Waals surface area contributed by atoms with Gasteiger partial charge >= 0.3 is 0 Å². The molecule has 6 nitrogen and oxygen atoms in total. The van der Waals surface area contributed by atoms with Gasteiger partial charge in [0.1, 0.15) is 23.0 Å². The molecule has 12 aromatic rings. The minimum absolute atomic E-state index is 0.126. The van der Waals surface area contributed by atoms with Crippen molar-refractivity contribution in [2.24, 2.45) is 0 Å². The number of fused-ring (bicyclic) bond motifs is 12. The van der Waals surface area contributed by atoms with Gasteiger partial charge in [-0.05, 0) is 124 Å². The van der Waals surface area contributed by atoms with Crippen molar-refractivity contribution in [2.45, 2.75) is 0 Å². The van der Waals surface area contributed by atoms with E-state index in [2.05, 4.69) is 274 Å². The zero-order chi connectivity index (χ0) is 48.4. The third-order valence-electron chi connectivity index (χ3n) is 15.6. The smallest absolute Gasteiger partial charge is 0.256 e. The van der Waals surface area contributed by atoms with E-state index in [1.807, 2.05) is 0 Å². The molecule has 0 N–H and O–H groups in total. The van der Waals surface area contributed by atoms with Crippen LogP contribution in [0.25, 0.3) is 27.5 Å². The van der Waals surface area contributed by atoms with Crippen LogP contribution in [0.4, 0.5) is 51.2 Å². The average Bonchev–Trinajstić information content (AvgIpc) is 3.87. The predicted molar refractivity (Wildman–Crippen MR) is 307 cm³/mol. The molecule has 0 amide bonds. The lowest BCUT2D eigenvalue weighted by atomic mass is 9.31. The van der Waals surface area contributed by atoms with Crippen LogP contribution in [0.1, 0.15) is 0 Å². The van der Waals surface area contributed by atoms with Crippen LogP contribution < -0.4 is 57.0 Å². The molecule has 0 atom stereocenters. The number of aromatic nitrogens is 1. The van der Waals surface area contributed by atoms with Crippen molar-refractivity contribution < 1.29 is 9.47 Å². The highest BCUT2D eigenvalue weighted by atomic mass is 16.5. The van der Waals surface area contributed by atoms with Crippen molar-refractivity contribution in [3.05, 3.63) is 255 Å². The molecule has 8 heteroatoms. The molecule has 11 aromatic carbocycles. The average molecular weight is 945 g/mol. The zero-order valence-electron chi connectivity index (χ0n) is 40.0. The minimum atomic E-state index is -0.151. The second-order valence-corrected chi connectivity index (χ2v) is 19.6. The SMILES string of the molecule is c1ccc(N(c2ccccc2)c2cc3c4c(c2)N(c2ccccc2)c2ccccc2B4c2cc4c5c(c2O3)c2ccccc2n5-c2cc(N(c3ccccc3)c3ccccc3)cc3c2B4c2ccccc2O3)cc1. The Balaban J connectivity index is 1.01. The summed E-state index contributed by atoms with van der Waals surface area (Å²) in [5, 5.41) is 2.25. The van der Waals surface area contributed by atoms with Crippen molar-refractivity contribution in [3.8, 4) is 28.7 Å². The maximum absolute atomic E-state index is 7.79. The minimum Gasteiger partial charge on any atom is -0.458 e. The van der Waals surface area contributed by atoms with E-state index in [0.717, 1.165) is 124 Å². The first-order valence-corrected chi connectivity index (χ1v) is 25.4. The molecule has 0 radical (unpaired) electrons. The Bertz CT molecular complexity index is 4150. The van der Waals surface area contributed by atoms with Crippen molar-refractivity contribution in [2.75, 3.05) is 14.7 Å². The molecule has 0 saturated heterocycles. The summed E-state index contributed by atoms with van der Waals surface area (Å²) in [5.74, 6) is 3.46. The third-order valence-corrected chi connectivity index (χ3v) is 15.6. The summed E-state index contributed by atoms with van der Waals surface area (Å²) in [6.07, 6.45) is 0. The number of anilines is 9. The Labute approximate surface area is 429 Å².